The summed E-state index contributed by atoms with van der Waals surface area (Å²) in [7, 11) is 0. The van der Waals surface area contributed by atoms with E-state index in [0.29, 0.717) is 17.7 Å². The number of alkyl halides is 3. The zero-order chi connectivity index (χ0) is 14.5. The maximum atomic E-state index is 14.0. The van der Waals surface area contributed by atoms with Gasteiger partial charge in [-0.15, -0.1) is 0 Å². The van der Waals surface area contributed by atoms with Gasteiger partial charge in [0.1, 0.15) is 5.82 Å². The third-order valence-electron chi connectivity index (χ3n) is 2.95. The number of halogens is 4. The van der Waals surface area contributed by atoms with Gasteiger partial charge in [-0.2, -0.15) is 13.2 Å². The largest absolute Gasteiger partial charge is 0.389 e. The summed E-state index contributed by atoms with van der Waals surface area (Å²) in [5, 5.41) is 2.99. The fourth-order valence-corrected chi connectivity index (χ4v) is 1.93. The highest BCUT2D eigenvalue weighted by atomic mass is 19.4. The quantitative estimate of drug-likeness (QED) is 0.754. The second-order valence-corrected chi connectivity index (χ2v) is 4.64. The molecule has 1 N–H and O–H groups in total. The summed E-state index contributed by atoms with van der Waals surface area (Å²) in [5.41, 5.74) is 0.769. The van der Waals surface area contributed by atoms with Gasteiger partial charge in [-0.25, -0.2) is 4.39 Å². The van der Waals surface area contributed by atoms with Crippen LogP contribution in [-0.4, -0.2) is 12.7 Å². The van der Waals surface area contributed by atoms with Crippen molar-refractivity contribution in [3.8, 4) is 0 Å². The molecule has 19 heavy (non-hydrogen) atoms. The molecule has 0 aromatic heterocycles. The standard InChI is InChI=1S/C14H19F4N/c1-3-9-19-12(7-8-14(16,17)18)11-6-4-5-10(2)13(11)15/h4-6,12,19H,3,7-9H2,1-2H3. The van der Waals surface area contributed by atoms with Crippen LogP contribution in [0.3, 0.4) is 0 Å². The van der Waals surface area contributed by atoms with E-state index in [4.69, 9.17) is 0 Å². The van der Waals surface area contributed by atoms with Crippen LogP contribution in [0.15, 0.2) is 18.2 Å². The molecular formula is C14H19F4N. The maximum Gasteiger partial charge on any atom is 0.389 e. The second kappa shape index (κ2) is 6.89. The van der Waals surface area contributed by atoms with Crippen molar-refractivity contribution in [2.24, 2.45) is 0 Å². The molecule has 0 aliphatic rings. The van der Waals surface area contributed by atoms with Crippen LogP contribution in [0.1, 0.15) is 43.4 Å². The topological polar surface area (TPSA) is 12.0 Å². The van der Waals surface area contributed by atoms with E-state index in [0.717, 1.165) is 6.42 Å². The molecule has 0 saturated heterocycles. The van der Waals surface area contributed by atoms with Gasteiger partial charge in [0.05, 0.1) is 0 Å². The van der Waals surface area contributed by atoms with Crippen LogP contribution in [0, 0.1) is 12.7 Å². The highest BCUT2D eigenvalue weighted by Gasteiger charge is 2.29. The summed E-state index contributed by atoms with van der Waals surface area (Å²) in [5.74, 6) is -0.418. The summed E-state index contributed by atoms with van der Waals surface area (Å²) in [6.45, 7) is 4.09. The molecule has 0 amide bonds. The van der Waals surface area contributed by atoms with Gasteiger partial charge in [0, 0.05) is 18.0 Å². The molecule has 1 atom stereocenters. The first-order valence-corrected chi connectivity index (χ1v) is 6.40. The van der Waals surface area contributed by atoms with Gasteiger partial charge in [-0.05, 0) is 31.9 Å². The Bertz CT molecular complexity index is 401. The Hall–Kier alpha value is -1.10. The van der Waals surface area contributed by atoms with Crippen molar-refractivity contribution in [1.29, 1.82) is 0 Å². The average Bonchev–Trinajstić information content (AvgIpc) is 2.32. The van der Waals surface area contributed by atoms with Gasteiger partial charge < -0.3 is 5.32 Å². The Balaban J connectivity index is 2.86. The minimum absolute atomic E-state index is 0.149. The summed E-state index contributed by atoms with van der Waals surface area (Å²) in [4.78, 5) is 0. The summed E-state index contributed by atoms with van der Waals surface area (Å²) in [6.07, 6.45) is -4.49. The predicted octanol–water partition coefficient (Wildman–Crippen LogP) is 4.52. The van der Waals surface area contributed by atoms with Gasteiger partial charge in [0.2, 0.25) is 0 Å². The summed E-state index contributed by atoms with van der Waals surface area (Å²) < 4.78 is 50.9. The van der Waals surface area contributed by atoms with E-state index in [1.54, 1.807) is 25.1 Å². The van der Waals surface area contributed by atoms with Gasteiger partial charge in [0.25, 0.3) is 0 Å². The molecule has 0 radical (unpaired) electrons. The molecule has 1 nitrogen and oxygen atoms in total. The van der Waals surface area contributed by atoms with Gasteiger partial charge >= 0.3 is 6.18 Å². The first-order chi connectivity index (χ1) is 8.85. The number of hydrogen-bond acceptors (Lipinski definition) is 1. The van der Waals surface area contributed by atoms with Crippen LogP contribution < -0.4 is 5.32 Å². The van der Waals surface area contributed by atoms with Crippen molar-refractivity contribution in [3.63, 3.8) is 0 Å². The molecule has 0 fully saturated rings. The van der Waals surface area contributed by atoms with Crippen LogP contribution in [0.2, 0.25) is 0 Å². The summed E-state index contributed by atoms with van der Waals surface area (Å²) >= 11 is 0. The van der Waals surface area contributed by atoms with E-state index in [1.165, 1.54) is 0 Å². The highest BCUT2D eigenvalue weighted by Crippen LogP contribution is 2.29. The third kappa shape index (κ3) is 5.19. The Morgan fingerprint density at radius 2 is 1.95 bits per heavy atom. The van der Waals surface area contributed by atoms with Crippen LogP contribution in [0.4, 0.5) is 17.6 Å². The van der Waals surface area contributed by atoms with Crippen LogP contribution in [-0.2, 0) is 0 Å². The molecule has 0 heterocycles. The molecule has 108 valence electrons. The average molecular weight is 277 g/mol. The van der Waals surface area contributed by atoms with Crippen LogP contribution in [0.5, 0.6) is 0 Å². The zero-order valence-corrected chi connectivity index (χ0v) is 11.1. The number of rotatable bonds is 6. The maximum absolute atomic E-state index is 14.0. The van der Waals surface area contributed by atoms with Crippen LogP contribution in [0.25, 0.3) is 0 Å². The minimum Gasteiger partial charge on any atom is -0.310 e. The molecule has 1 aromatic rings. The van der Waals surface area contributed by atoms with E-state index < -0.39 is 24.5 Å². The van der Waals surface area contributed by atoms with Gasteiger partial charge in [-0.1, -0.05) is 25.1 Å². The Labute approximate surface area is 111 Å². The molecule has 0 bridgehead atoms. The molecule has 5 heteroatoms. The van der Waals surface area contributed by atoms with Crippen molar-refractivity contribution in [1.82, 2.24) is 5.32 Å². The van der Waals surface area contributed by atoms with Gasteiger partial charge in [0.15, 0.2) is 0 Å². The molecule has 0 spiro atoms. The lowest BCUT2D eigenvalue weighted by atomic mass is 9.99. The Kier molecular flexibility index (Phi) is 5.79. The highest BCUT2D eigenvalue weighted by molar-refractivity contribution is 5.27. The number of hydrogen-bond donors (Lipinski definition) is 1. The number of nitrogens with one attached hydrogen (secondary N) is 1. The predicted molar refractivity (Wildman–Crippen MR) is 67.5 cm³/mol. The SMILES string of the molecule is CCCNC(CCC(F)(F)F)c1cccc(C)c1F. The van der Waals surface area contributed by atoms with Crippen molar-refractivity contribution in [3.05, 3.63) is 35.1 Å². The Morgan fingerprint density at radius 3 is 2.53 bits per heavy atom. The molecule has 1 unspecified atom stereocenters. The fraction of sp³-hybridized carbons (Fsp3) is 0.571. The minimum atomic E-state index is -4.22. The Morgan fingerprint density at radius 1 is 1.26 bits per heavy atom. The molecular weight excluding hydrogens is 258 g/mol. The van der Waals surface area contributed by atoms with Crippen molar-refractivity contribution >= 4 is 0 Å². The lowest BCUT2D eigenvalue weighted by Crippen LogP contribution is -2.25. The van der Waals surface area contributed by atoms with E-state index in [1.807, 2.05) is 6.92 Å². The third-order valence-corrected chi connectivity index (χ3v) is 2.95. The molecule has 1 rings (SSSR count). The van der Waals surface area contributed by atoms with Crippen molar-refractivity contribution in [2.75, 3.05) is 6.54 Å². The van der Waals surface area contributed by atoms with E-state index in [-0.39, 0.29) is 6.42 Å². The number of aryl methyl sites for hydroxylation is 1. The molecule has 0 saturated carbocycles. The molecule has 0 aliphatic carbocycles. The van der Waals surface area contributed by atoms with Gasteiger partial charge in [-0.3, -0.25) is 0 Å². The monoisotopic (exact) mass is 277 g/mol. The first kappa shape index (κ1) is 16.0. The summed E-state index contributed by atoms with van der Waals surface area (Å²) in [6, 6.07) is 4.23. The molecule has 1 aromatic carbocycles. The zero-order valence-electron chi connectivity index (χ0n) is 11.1. The first-order valence-electron chi connectivity index (χ1n) is 6.40. The fourth-order valence-electron chi connectivity index (χ4n) is 1.93. The van der Waals surface area contributed by atoms with Crippen LogP contribution >= 0.6 is 0 Å². The smallest absolute Gasteiger partial charge is 0.310 e. The lowest BCUT2D eigenvalue weighted by molar-refractivity contribution is -0.136. The molecule has 0 aliphatic heterocycles. The number of benzene rings is 1. The van der Waals surface area contributed by atoms with E-state index >= 15 is 0 Å². The van der Waals surface area contributed by atoms with Crippen molar-refractivity contribution < 1.29 is 17.6 Å². The second-order valence-electron chi connectivity index (χ2n) is 4.64. The van der Waals surface area contributed by atoms with E-state index in [2.05, 4.69) is 5.32 Å². The van der Waals surface area contributed by atoms with Crippen molar-refractivity contribution in [2.45, 2.75) is 45.3 Å². The van der Waals surface area contributed by atoms with E-state index in [9.17, 15) is 17.6 Å². The lowest BCUT2D eigenvalue weighted by Gasteiger charge is -2.21. The normalized spacial score (nSPS) is 13.6.